The molecular weight excluding hydrogens is 447 g/mol. The number of carbonyl (C=O) groups is 1. The maximum atomic E-state index is 14.6. The minimum Gasteiger partial charge on any atom is -0.363 e. The second-order valence-corrected chi connectivity index (χ2v) is 10.6. The van der Waals surface area contributed by atoms with Crippen LogP contribution in [0.1, 0.15) is 12.0 Å². The monoisotopic (exact) mass is 472 g/mol. The average Bonchev–Trinajstić information content (AvgIpc) is 3.49. The fourth-order valence-corrected chi connectivity index (χ4v) is 6.11. The lowest BCUT2D eigenvalue weighted by atomic mass is 9.88. The topological polar surface area (TPSA) is 116 Å². The van der Waals surface area contributed by atoms with Crippen LogP contribution in [0, 0.1) is 23.6 Å². The summed E-state index contributed by atoms with van der Waals surface area (Å²) in [6.45, 7) is 0.406. The van der Waals surface area contributed by atoms with Crippen LogP contribution in [0.3, 0.4) is 0 Å². The number of fused-ring (bicyclic) bond motifs is 3. The Kier molecular flexibility index (Phi) is 5.23. The van der Waals surface area contributed by atoms with Crippen LogP contribution >= 0.6 is 0 Å². The third-order valence-electron chi connectivity index (χ3n) is 6.64. The Bertz CT molecular complexity index is 1250. The molecule has 2 heterocycles. The van der Waals surface area contributed by atoms with Crippen molar-refractivity contribution < 1.29 is 17.6 Å². The molecule has 5 rings (SSSR count). The molecule has 2 aromatic rings. The van der Waals surface area contributed by atoms with E-state index in [0.717, 1.165) is 18.2 Å². The maximum Gasteiger partial charge on any atom is 0.232 e. The van der Waals surface area contributed by atoms with Gasteiger partial charge in [-0.3, -0.25) is 9.10 Å². The Morgan fingerprint density at radius 1 is 1.24 bits per heavy atom. The van der Waals surface area contributed by atoms with Gasteiger partial charge in [-0.15, -0.1) is 0 Å². The van der Waals surface area contributed by atoms with Crippen LogP contribution in [-0.2, 0) is 21.2 Å². The number of halogens is 1. The summed E-state index contributed by atoms with van der Waals surface area (Å²) < 4.78 is 39.8. The summed E-state index contributed by atoms with van der Waals surface area (Å²) >= 11 is 0. The molecule has 1 saturated carbocycles. The summed E-state index contributed by atoms with van der Waals surface area (Å²) in [7, 11) is -1.72. The average molecular weight is 473 g/mol. The van der Waals surface area contributed by atoms with Crippen molar-refractivity contribution in [2.45, 2.75) is 18.9 Å². The maximum absolute atomic E-state index is 14.6. The van der Waals surface area contributed by atoms with Gasteiger partial charge in [0, 0.05) is 25.3 Å². The predicted octanol–water partition coefficient (Wildman–Crippen LogP) is 2.03. The molecule has 33 heavy (non-hydrogen) atoms. The number of sulfonamides is 1. The third kappa shape index (κ3) is 3.90. The van der Waals surface area contributed by atoms with Gasteiger partial charge in [-0.25, -0.2) is 17.8 Å². The van der Waals surface area contributed by atoms with E-state index in [2.05, 4.69) is 38.1 Å². The number of aromatic nitrogens is 2. The van der Waals surface area contributed by atoms with Crippen LogP contribution in [0.15, 0.2) is 36.5 Å². The van der Waals surface area contributed by atoms with E-state index in [1.165, 1.54) is 10.6 Å². The largest absolute Gasteiger partial charge is 0.363 e. The summed E-state index contributed by atoms with van der Waals surface area (Å²) in [6.07, 6.45) is 7.88. The quantitative estimate of drug-likeness (QED) is 0.551. The second-order valence-electron chi connectivity index (χ2n) is 8.70. The van der Waals surface area contributed by atoms with Crippen LogP contribution in [0.25, 0.3) is 0 Å². The SMILES string of the molecule is CNC(=O)C1C2C=CC(C2)C1Nc1nc(Nc2ccc3c(c2)CCN3S(C)(=O)=O)ncc1F. The van der Waals surface area contributed by atoms with E-state index in [1.54, 1.807) is 19.2 Å². The van der Waals surface area contributed by atoms with Crippen LogP contribution in [0.2, 0.25) is 0 Å². The van der Waals surface area contributed by atoms with Crippen LogP contribution in [-0.4, -0.2) is 50.2 Å². The molecule has 11 heteroatoms. The number of carbonyl (C=O) groups excluding carboxylic acids is 1. The van der Waals surface area contributed by atoms with Gasteiger partial charge in [0.05, 0.1) is 24.1 Å². The second kappa shape index (κ2) is 7.98. The molecule has 2 bridgehead atoms. The lowest BCUT2D eigenvalue weighted by Gasteiger charge is -2.28. The normalized spacial score (nSPS) is 25.2. The Hall–Kier alpha value is -3.21. The summed E-state index contributed by atoms with van der Waals surface area (Å²) in [5, 5.41) is 8.92. The smallest absolute Gasteiger partial charge is 0.232 e. The van der Waals surface area contributed by atoms with Gasteiger partial charge in [0.2, 0.25) is 21.9 Å². The van der Waals surface area contributed by atoms with Crippen molar-refractivity contribution in [1.82, 2.24) is 15.3 Å². The fourth-order valence-electron chi connectivity index (χ4n) is 5.15. The highest BCUT2D eigenvalue weighted by molar-refractivity contribution is 7.92. The number of nitrogens with zero attached hydrogens (tertiary/aromatic N) is 3. The van der Waals surface area contributed by atoms with E-state index < -0.39 is 15.8 Å². The van der Waals surface area contributed by atoms with Crippen molar-refractivity contribution in [2.24, 2.45) is 17.8 Å². The molecule has 3 aliphatic rings. The molecule has 9 nitrogen and oxygen atoms in total. The molecule has 4 unspecified atom stereocenters. The zero-order valence-corrected chi connectivity index (χ0v) is 19.1. The van der Waals surface area contributed by atoms with Crippen LogP contribution < -0.4 is 20.3 Å². The van der Waals surface area contributed by atoms with Gasteiger partial charge in [0.1, 0.15) is 0 Å². The van der Waals surface area contributed by atoms with Crippen molar-refractivity contribution in [1.29, 1.82) is 0 Å². The molecule has 0 spiro atoms. The first-order chi connectivity index (χ1) is 15.7. The van der Waals surface area contributed by atoms with Crippen molar-refractivity contribution in [2.75, 3.05) is 34.8 Å². The number of allylic oxidation sites excluding steroid dienone is 1. The van der Waals surface area contributed by atoms with Crippen LogP contribution in [0.4, 0.5) is 27.5 Å². The van der Waals surface area contributed by atoms with Gasteiger partial charge in [-0.1, -0.05) is 12.2 Å². The van der Waals surface area contributed by atoms with Gasteiger partial charge in [-0.05, 0) is 48.4 Å². The van der Waals surface area contributed by atoms with E-state index >= 15 is 0 Å². The molecule has 1 aromatic heterocycles. The molecule has 0 radical (unpaired) electrons. The minimum atomic E-state index is -3.32. The zero-order chi connectivity index (χ0) is 23.3. The number of hydrogen-bond acceptors (Lipinski definition) is 7. The van der Waals surface area contributed by atoms with Crippen molar-refractivity contribution in [3.8, 4) is 0 Å². The van der Waals surface area contributed by atoms with Crippen molar-refractivity contribution in [3.63, 3.8) is 0 Å². The molecule has 1 amide bonds. The highest BCUT2D eigenvalue weighted by atomic mass is 32.2. The Balaban J connectivity index is 1.36. The molecule has 1 fully saturated rings. The zero-order valence-electron chi connectivity index (χ0n) is 18.2. The summed E-state index contributed by atoms with van der Waals surface area (Å²) in [4.78, 5) is 20.8. The summed E-state index contributed by atoms with van der Waals surface area (Å²) in [5.74, 6) is -0.446. The Labute approximate surface area is 191 Å². The molecule has 4 atom stereocenters. The molecule has 0 saturated heterocycles. The lowest BCUT2D eigenvalue weighted by Crippen LogP contribution is -2.42. The van der Waals surface area contributed by atoms with Gasteiger partial charge >= 0.3 is 0 Å². The van der Waals surface area contributed by atoms with E-state index in [9.17, 15) is 17.6 Å². The first-order valence-corrected chi connectivity index (χ1v) is 12.7. The molecule has 3 N–H and O–H groups in total. The number of hydrogen-bond donors (Lipinski definition) is 3. The third-order valence-corrected chi connectivity index (χ3v) is 7.82. The molecule has 174 valence electrons. The highest BCUT2D eigenvalue weighted by Crippen LogP contribution is 2.45. The number of benzene rings is 1. The summed E-state index contributed by atoms with van der Waals surface area (Å²) in [5.41, 5.74) is 2.23. The standard InChI is InChI=1S/C22H25FN6O3S/c1-24-21(30)18-13-3-4-14(9-13)19(18)27-20-16(23)11-25-22(28-20)26-15-5-6-17-12(10-15)7-8-29(17)33(2,31)32/h3-6,10-11,13-14,18-19H,7-9H2,1-2H3,(H,24,30)(H2,25,26,27,28). The highest BCUT2D eigenvalue weighted by Gasteiger charge is 2.48. The van der Waals surface area contributed by atoms with E-state index in [4.69, 9.17) is 0 Å². The lowest BCUT2D eigenvalue weighted by molar-refractivity contribution is -0.125. The fraction of sp³-hybridized carbons (Fsp3) is 0.409. The number of rotatable bonds is 6. The van der Waals surface area contributed by atoms with Crippen molar-refractivity contribution in [3.05, 3.63) is 47.9 Å². The molecular formula is C22H25FN6O3S. The van der Waals surface area contributed by atoms with Gasteiger partial charge in [-0.2, -0.15) is 4.98 Å². The summed E-state index contributed by atoms with van der Waals surface area (Å²) in [6, 6.07) is 5.08. The predicted molar refractivity (Wildman–Crippen MR) is 123 cm³/mol. The van der Waals surface area contributed by atoms with E-state index in [0.29, 0.717) is 24.3 Å². The van der Waals surface area contributed by atoms with Gasteiger partial charge in [0.15, 0.2) is 11.6 Å². The molecule has 1 aromatic carbocycles. The number of anilines is 4. The van der Waals surface area contributed by atoms with E-state index in [1.807, 2.05) is 6.07 Å². The minimum absolute atomic E-state index is 0.0387. The Morgan fingerprint density at radius 2 is 2.03 bits per heavy atom. The first-order valence-electron chi connectivity index (χ1n) is 10.8. The number of amides is 1. The van der Waals surface area contributed by atoms with Gasteiger partial charge < -0.3 is 16.0 Å². The van der Waals surface area contributed by atoms with E-state index in [-0.39, 0.29) is 41.5 Å². The van der Waals surface area contributed by atoms with Crippen molar-refractivity contribution >= 4 is 39.1 Å². The van der Waals surface area contributed by atoms with Crippen LogP contribution in [0.5, 0.6) is 0 Å². The molecule has 2 aliphatic carbocycles. The Morgan fingerprint density at radius 3 is 2.79 bits per heavy atom. The molecule has 1 aliphatic heterocycles. The number of nitrogens with one attached hydrogen (secondary N) is 3. The first kappa shape index (κ1) is 21.6. The van der Waals surface area contributed by atoms with Gasteiger partial charge in [0.25, 0.3) is 0 Å².